The van der Waals surface area contributed by atoms with Gasteiger partial charge in [0.25, 0.3) is 6.47 Å². The largest absolute Gasteiger partial charge is 0.497 e. The van der Waals surface area contributed by atoms with Crippen molar-refractivity contribution in [3.8, 4) is 5.75 Å². The lowest BCUT2D eigenvalue weighted by molar-refractivity contribution is -0.138. The van der Waals surface area contributed by atoms with Gasteiger partial charge in [-0.1, -0.05) is 54.1 Å². The van der Waals surface area contributed by atoms with Crippen molar-refractivity contribution >= 4 is 29.5 Å². The van der Waals surface area contributed by atoms with E-state index in [9.17, 15) is 9.59 Å². The first-order chi connectivity index (χ1) is 17.2. The number of hydrogen-bond acceptors (Lipinski definition) is 5. The third kappa shape index (κ3) is 7.59. The molecular formula is C30H34ClNO4. The summed E-state index contributed by atoms with van der Waals surface area (Å²) in [5.41, 5.74) is 2.79. The Balaban J connectivity index is 0.000000454. The number of rotatable bonds is 7. The SMILES string of the molecule is CC(C)(C)OC=O.COc1ccc(N2CC[C@@H](CC(=O)c3ccccc3)[C@@H]2c2ccc(Cl)cc2)cc1. The second-order valence-electron chi connectivity index (χ2n) is 9.76. The number of halogens is 1. The zero-order valence-electron chi connectivity index (χ0n) is 21.3. The molecule has 0 amide bonds. The molecule has 5 nitrogen and oxygen atoms in total. The molecule has 1 saturated heterocycles. The first-order valence-electron chi connectivity index (χ1n) is 12.1. The Labute approximate surface area is 219 Å². The van der Waals surface area contributed by atoms with Crippen molar-refractivity contribution in [1.82, 2.24) is 0 Å². The Bertz CT molecular complexity index is 1110. The van der Waals surface area contributed by atoms with Gasteiger partial charge in [-0.15, -0.1) is 0 Å². The van der Waals surface area contributed by atoms with Crippen LogP contribution in [0.15, 0.2) is 78.9 Å². The van der Waals surface area contributed by atoms with Gasteiger partial charge in [0.2, 0.25) is 0 Å². The summed E-state index contributed by atoms with van der Waals surface area (Å²) in [7, 11) is 1.67. The fourth-order valence-electron chi connectivity index (χ4n) is 4.37. The zero-order valence-corrected chi connectivity index (χ0v) is 22.1. The predicted octanol–water partition coefficient (Wildman–Crippen LogP) is 7.15. The number of anilines is 1. The van der Waals surface area contributed by atoms with E-state index in [0.717, 1.165) is 35.0 Å². The van der Waals surface area contributed by atoms with Crippen molar-refractivity contribution in [2.24, 2.45) is 5.92 Å². The number of ether oxygens (including phenoxy) is 2. The van der Waals surface area contributed by atoms with Crippen molar-refractivity contribution < 1.29 is 19.1 Å². The summed E-state index contributed by atoms with van der Waals surface area (Å²) in [6.07, 6.45) is 1.50. The minimum absolute atomic E-state index is 0.133. The Hall–Kier alpha value is -3.31. The molecule has 3 aromatic carbocycles. The van der Waals surface area contributed by atoms with Crippen molar-refractivity contribution in [3.63, 3.8) is 0 Å². The molecule has 4 rings (SSSR count). The molecule has 0 aliphatic carbocycles. The molecule has 1 aliphatic rings. The van der Waals surface area contributed by atoms with Crippen LogP contribution in [0, 0.1) is 5.92 Å². The first-order valence-corrected chi connectivity index (χ1v) is 12.5. The van der Waals surface area contributed by atoms with Crippen LogP contribution in [0.1, 0.15) is 55.6 Å². The van der Waals surface area contributed by atoms with Gasteiger partial charge in [-0.2, -0.15) is 0 Å². The van der Waals surface area contributed by atoms with Gasteiger partial charge in [0.05, 0.1) is 13.2 Å². The van der Waals surface area contributed by atoms with Crippen molar-refractivity contribution in [2.45, 2.75) is 45.3 Å². The predicted molar refractivity (Wildman–Crippen MR) is 145 cm³/mol. The van der Waals surface area contributed by atoms with Gasteiger partial charge in [-0.25, -0.2) is 0 Å². The smallest absolute Gasteiger partial charge is 0.293 e. The zero-order chi connectivity index (χ0) is 26.1. The van der Waals surface area contributed by atoms with Gasteiger partial charge < -0.3 is 14.4 Å². The standard InChI is InChI=1S/C25H24ClNO2.C5H10O2/c1-29-23-13-11-22(12-14-23)27-16-15-20(17-24(28)18-5-3-2-4-6-18)25(27)19-7-9-21(26)10-8-19;1-5(2,3)7-4-6/h2-14,20,25H,15-17H2,1H3;4H,1-3H3/t20-,25-;/m0./s1. The number of carbonyl (C=O) groups is 2. The van der Waals surface area contributed by atoms with Crippen molar-refractivity contribution in [1.29, 1.82) is 0 Å². The second kappa shape index (κ2) is 12.6. The summed E-state index contributed by atoms with van der Waals surface area (Å²) in [4.78, 5) is 24.9. The molecule has 1 heterocycles. The molecule has 3 aromatic rings. The van der Waals surface area contributed by atoms with Crippen LogP contribution in [0.5, 0.6) is 5.75 Å². The Kier molecular flexibility index (Phi) is 9.54. The van der Waals surface area contributed by atoms with Crippen molar-refractivity contribution in [3.05, 3.63) is 95.0 Å². The van der Waals surface area contributed by atoms with Crippen LogP contribution >= 0.6 is 11.6 Å². The number of methoxy groups -OCH3 is 1. The summed E-state index contributed by atoms with van der Waals surface area (Å²) in [6, 6.07) is 25.9. The number of ketones is 1. The molecule has 0 saturated carbocycles. The van der Waals surface area contributed by atoms with Crippen LogP contribution in [-0.2, 0) is 9.53 Å². The highest BCUT2D eigenvalue weighted by molar-refractivity contribution is 6.30. The molecule has 190 valence electrons. The summed E-state index contributed by atoms with van der Waals surface area (Å²) in [6.45, 7) is 6.83. The first kappa shape index (κ1) is 27.3. The molecule has 1 fully saturated rings. The second-order valence-corrected chi connectivity index (χ2v) is 10.2. The number of Topliss-reactive ketones (excluding diaryl/α,β-unsaturated/α-hetero) is 1. The molecule has 1 aliphatic heterocycles. The van der Waals surface area contributed by atoms with Crippen LogP contribution in [-0.4, -0.2) is 31.5 Å². The van der Waals surface area contributed by atoms with E-state index in [4.69, 9.17) is 16.3 Å². The average Bonchev–Trinajstić information content (AvgIpc) is 3.28. The molecule has 2 atom stereocenters. The molecule has 0 bridgehead atoms. The molecule has 0 spiro atoms. The lowest BCUT2D eigenvalue weighted by Gasteiger charge is -2.30. The maximum absolute atomic E-state index is 12.9. The Morgan fingerprint density at radius 1 is 1.00 bits per heavy atom. The Morgan fingerprint density at radius 2 is 1.64 bits per heavy atom. The Morgan fingerprint density at radius 3 is 2.17 bits per heavy atom. The number of hydrogen-bond donors (Lipinski definition) is 0. The van der Waals surface area contributed by atoms with E-state index < -0.39 is 0 Å². The van der Waals surface area contributed by atoms with Crippen LogP contribution in [0.25, 0.3) is 0 Å². The van der Waals surface area contributed by atoms with Crippen LogP contribution in [0.3, 0.4) is 0 Å². The fraction of sp³-hybridized carbons (Fsp3) is 0.333. The lowest BCUT2D eigenvalue weighted by atomic mass is 9.88. The molecule has 0 unspecified atom stereocenters. The highest BCUT2D eigenvalue weighted by Gasteiger charge is 2.36. The minimum Gasteiger partial charge on any atom is -0.497 e. The minimum atomic E-state index is -0.318. The quantitative estimate of drug-likeness (QED) is 0.251. The highest BCUT2D eigenvalue weighted by Crippen LogP contribution is 2.43. The molecule has 6 heteroatoms. The van der Waals surface area contributed by atoms with E-state index in [1.807, 2.05) is 75.4 Å². The van der Waals surface area contributed by atoms with Gasteiger partial charge in [-0.3, -0.25) is 9.59 Å². The third-order valence-electron chi connectivity index (χ3n) is 6.08. The fourth-order valence-corrected chi connectivity index (χ4v) is 4.50. The highest BCUT2D eigenvalue weighted by atomic mass is 35.5. The lowest BCUT2D eigenvalue weighted by Crippen LogP contribution is -2.26. The monoisotopic (exact) mass is 507 g/mol. The molecule has 0 aromatic heterocycles. The van der Waals surface area contributed by atoms with Crippen LogP contribution in [0.2, 0.25) is 5.02 Å². The van der Waals surface area contributed by atoms with Gasteiger partial charge in [0.15, 0.2) is 5.78 Å². The number of carbonyl (C=O) groups excluding carboxylic acids is 2. The summed E-state index contributed by atoms with van der Waals surface area (Å²) < 4.78 is 9.85. The summed E-state index contributed by atoms with van der Waals surface area (Å²) >= 11 is 6.12. The van der Waals surface area contributed by atoms with E-state index in [1.54, 1.807) is 7.11 Å². The van der Waals surface area contributed by atoms with Crippen LogP contribution < -0.4 is 9.64 Å². The summed E-state index contributed by atoms with van der Waals surface area (Å²) in [5, 5.41) is 0.722. The normalized spacial score (nSPS) is 17.1. The molecule has 0 radical (unpaired) electrons. The van der Waals surface area contributed by atoms with Gasteiger partial charge in [-0.05, 0) is 75.1 Å². The van der Waals surface area contributed by atoms with Crippen molar-refractivity contribution in [2.75, 3.05) is 18.6 Å². The average molecular weight is 508 g/mol. The van der Waals surface area contributed by atoms with Gasteiger partial charge >= 0.3 is 0 Å². The maximum Gasteiger partial charge on any atom is 0.293 e. The number of nitrogens with zero attached hydrogens (tertiary/aromatic N) is 1. The summed E-state index contributed by atoms with van der Waals surface area (Å²) in [5.74, 6) is 1.28. The number of benzene rings is 3. The maximum atomic E-state index is 12.9. The van der Waals surface area contributed by atoms with E-state index in [1.165, 1.54) is 5.56 Å². The van der Waals surface area contributed by atoms with E-state index in [0.29, 0.717) is 12.9 Å². The van der Waals surface area contributed by atoms with E-state index >= 15 is 0 Å². The van der Waals surface area contributed by atoms with E-state index in [2.05, 4.69) is 33.9 Å². The van der Waals surface area contributed by atoms with Gasteiger partial charge in [0, 0.05) is 29.2 Å². The topological polar surface area (TPSA) is 55.8 Å². The third-order valence-corrected chi connectivity index (χ3v) is 6.34. The van der Waals surface area contributed by atoms with Gasteiger partial charge in [0.1, 0.15) is 11.4 Å². The molecular weight excluding hydrogens is 474 g/mol. The van der Waals surface area contributed by atoms with Crippen LogP contribution in [0.4, 0.5) is 5.69 Å². The molecule has 0 N–H and O–H groups in total. The molecule has 36 heavy (non-hydrogen) atoms. The van der Waals surface area contributed by atoms with E-state index in [-0.39, 0.29) is 23.3 Å².